The molecular weight excluding hydrogens is 474 g/mol. The molecule has 10 nitrogen and oxygen atoms in total. The molecule has 1 heterocycles. The van der Waals surface area contributed by atoms with Crippen molar-refractivity contribution in [3.8, 4) is 5.75 Å². The van der Waals surface area contributed by atoms with Gasteiger partial charge in [-0.25, -0.2) is 13.6 Å². The monoisotopic (exact) mass is 494 g/mol. The average molecular weight is 495 g/mol. The summed E-state index contributed by atoms with van der Waals surface area (Å²) in [6.07, 6.45) is -8.67. The predicted molar refractivity (Wildman–Crippen MR) is 104 cm³/mol. The normalized spacial score (nSPS) is 24.4. The molecular formula is C20H21ClF2O10. The van der Waals surface area contributed by atoms with Crippen molar-refractivity contribution in [2.24, 2.45) is 0 Å². The Morgan fingerprint density at radius 1 is 0.909 bits per heavy atom. The number of benzene rings is 1. The molecule has 182 valence electrons. The quantitative estimate of drug-likeness (QED) is 0.314. The van der Waals surface area contributed by atoms with Crippen LogP contribution in [0.25, 0.3) is 0 Å². The smallest absolute Gasteiger partial charge is 0.339 e. The molecule has 1 aliphatic rings. The first-order valence-corrected chi connectivity index (χ1v) is 9.97. The van der Waals surface area contributed by atoms with Crippen molar-refractivity contribution < 1.29 is 56.4 Å². The molecule has 0 unspecified atom stereocenters. The van der Waals surface area contributed by atoms with E-state index in [1.54, 1.807) is 0 Å². The number of hydrogen-bond acceptors (Lipinski definition) is 10. The second-order valence-electron chi connectivity index (χ2n) is 6.81. The van der Waals surface area contributed by atoms with E-state index in [1.807, 2.05) is 0 Å². The van der Waals surface area contributed by atoms with E-state index in [-0.39, 0.29) is 11.4 Å². The molecule has 0 aliphatic carbocycles. The molecule has 0 N–H and O–H groups in total. The minimum absolute atomic E-state index is 0.111. The van der Waals surface area contributed by atoms with Crippen LogP contribution in [0.4, 0.5) is 8.78 Å². The van der Waals surface area contributed by atoms with Crippen LogP contribution < -0.4 is 4.74 Å². The van der Waals surface area contributed by atoms with E-state index in [4.69, 9.17) is 35.3 Å². The highest BCUT2D eigenvalue weighted by molar-refractivity contribution is 6.17. The molecule has 1 aromatic carbocycles. The van der Waals surface area contributed by atoms with Crippen molar-refractivity contribution in [1.82, 2.24) is 0 Å². The van der Waals surface area contributed by atoms with Crippen molar-refractivity contribution in [3.63, 3.8) is 0 Å². The maximum absolute atomic E-state index is 14.5. The number of hydrogen-bond donors (Lipinski definition) is 0. The summed E-state index contributed by atoms with van der Waals surface area (Å²) in [7, 11) is 0.996. The second-order valence-corrected chi connectivity index (χ2v) is 7.08. The summed E-state index contributed by atoms with van der Waals surface area (Å²) < 4.78 is 59.7. The first kappa shape index (κ1) is 26.3. The van der Waals surface area contributed by atoms with Crippen LogP contribution in [0.5, 0.6) is 5.75 Å². The molecule has 33 heavy (non-hydrogen) atoms. The molecule has 0 bridgehead atoms. The fourth-order valence-corrected chi connectivity index (χ4v) is 3.25. The zero-order valence-electron chi connectivity index (χ0n) is 18.0. The third kappa shape index (κ3) is 6.51. The fourth-order valence-electron chi connectivity index (χ4n) is 3.09. The number of alkyl halides is 1. The van der Waals surface area contributed by atoms with Crippen molar-refractivity contribution >= 4 is 35.5 Å². The van der Waals surface area contributed by atoms with Crippen LogP contribution in [0.15, 0.2) is 12.1 Å². The molecule has 1 aliphatic heterocycles. The predicted octanol–water partition coefficient (Wildman–Crippen LogP) is 1.78. The summed E-state index contributed by atoms with van der Waals surface area (Å²) in [6, 6.07) is 1.80. The minimum atomic E-state index is -1.89. The second kappa shape index (κ2) is 11.2. The van der Waals surface area contributed by atoms with Gasteiger partial charge >= 0.3 is 23.9 Å². The number of carbonyl (C=O) groups is 4. The molecule has 1 saturated heterocycles. The van der Waals surface area contributed by atoms with Gasteiger partial charge in [0.1, 0.15) is 0 Å². The lowest BCUT2D eigenvalue weighted by molar-refractivity contribution is -0.283. The van der Waals surface area contributed by atoms with E-state index in [0.29, 0.717) is 0 Å². The Labute approximate surface area is 191 Å². The number of esters is 4. The third-order valence-electron chi connectivity index (χ3n) is 4.28. The Kier molecular flexibility index (Phi) is 8.94. The van der Waals surface area contributed by atoms with Crippen LogP contribution >= 0.6 is 11.6 Å². The lowest BCUT2D eigenvalue weighted by Crippen LogP contribution is -2.64. The molecule has 1 aromatic rings. The third-order valence-corrected chi connectivity index (χ3v) is 4.59. The molecule has 2 rings (SSSR count). The Morgan fingerprint density at radius 2 is 1.39 bits per heavy atom. The van der Waals surface area contributed by atoms with Crippen LogP contribution in [0.1, 0.15) is 26.3 Å². The van der Waals surface area contributed by atoms with E-state index >= 15 is 0 Å². The molecule has 1 fully saturated rings. The summed E-state index contributed by atoms with van der Waals surface area (Å²) >= 11 is 5.59. The van der Waals surface area contributed by atoms with Crippen LogP contribution in [-0.2, 0) is 48.7 Å². The van der Waals surface area contributed by atoms with Crippen molar-refractivity contribution in [2.75, 3.05) is 7.11 Å². The molecule has 0 spiro atoms. The number of carbonyl (C=O) groups excluding carboxylic acids is 4. The highest BCUT2D eigenvalue weighted by atomic mass is 35.5. The van der Waals surface area contributed by atoms with Gasteiger partial charge < -0.3 is 28.4 Å². The average Bonchev–Trinajstić information content (AvgIpc) is 2.72. The van der Waals surface area contributed by atoms with Gasteiger partial charge in [-0.05, 0) is 17.7 Å². The van der Waals surface area contributed by atoms with Gasteiger partial charge in [0.2, 0.25) is 12.4 Å². The summed E-state index contributed by atoms with van der Waals surface area (Å²) in [5.41, 5.74) is 0.111. The van der Waals surface area contributed by atoms with Crippen molar-refractivity contribution in [3.05, 3.63) is 29.3 Å². The summed E-state index contributed by atoms with van der Waals surface area (Å²) in [5.74, 6) is -7.30. The minimum Gasteiger partial charge on any atom is -0.467 e. The Morgan fingerprint density at radius 3 is 1.85 bits per heavy atom. The fraction of sp³-hybridized carbons (Fsp3) is 0.500. The first-order chi connectivity index (χ1) is 15.5. The Hall–Kier alpha value is -2.99. The van der Waals surface area contributed by atoms with Crippen LogP contribution in [0.3, 0.4) is 0 Å². The Balaban J connectivity index is 2.57. The molecule has 13 heteroatoms. The zero-order chi connectivity index (χ0) is 24.9. The van der Waals surface area contributed by atoms with Crippen LogP contribution in [-0.4, -0.2) is 61.7 Å². The van der Waals surface area contributed by atoms with Crippen LogP contribution in [0.2, 0.25) is 0 Å². The molecule has 0 aromatic heterocycles. The number of methoxy groups -OCH3 is 1. The summed E-state index contributed by atoms with van der Waals surface area (Å²) in [6.45, 7) is 3.00. The summed E-state index contributed by atoms with van der Waals surface area (Å²) in [4.78, 5) is 47.4. The highest BCUT2D eigenvalue weighted by Crippen LogP contribution is 2.33. The van der Waals surface area contributed by atoms with Gasteiger partial charge in [-0.15, -0.1) is 11.6 Å². The lowest BCUT2D eigenvalue weighted by atomic mass is 9.97. The van der Waals surface area contributed by atoms with Gasteiger partial charge in [-0.3, -0.25) is 14.4 Å². The molecule has 0 amide bonds. The summed E-state index contributed by atoms with van der Waals surface area (Å²) in [5, 5.41) is 0. The highest BCUT2D eigenvalue weighted by Gasteiger charge is 2.56. The van der Waals surface area contributed by atoms with Gasteiger partial charge in [0.15, 0.2) is 35.7 Å². The number of ether oxygens (including phenoxy) is 6. The topological polar surface area (TPSA) is 124 Å². The SMILES string of the molecule is COC(=O)[C@H]1O[C@@H](Oc2c(F)cc(CCl)cc2F)[C@H](OC(C)=O)[C@@H](OC(C)=O)[C@@H]1OC(C)=O. The van der Waals surface area contributed by atoms with Gasteiger partial charge in [0.25, 0.3) is 0 Å². The van der Waals surface area contributed by atoms with Crippen molar-refractivity contribution in [2.45, 2.75) is 57.4 Å². The maximum Gasteiger partial charge on any atom is 0.339 e. The van der Waals surface area contributed by atoms with Gasteiger partial charge in [-0.1, -0.05) is 0 Å². The largest absolute Gasteiger partial charge is 0.467 e. The van der Waals surface area contributed by atoms with E-state index in [2.05, 4.69) is 4.74 Å². The van der Waals surface area contributed by atoms with Gasteiger partial charge in [0, 0.05) is 26.7 Å². The van der Waals surface area contributed by atoms with Crippen LogP contribution in [0, 0.1) is 11.6 Å². The zero-order valence-corrected chi connectivity index (χ0v) is 18.7. The lowest BCUT2D eigenvalue weighted by Gasteiger charge is -2.43. The van der Waals surface area contributed by atoms with E-state index in [1.165, 1.54) is 0 Å². The number of rotatable bonds is 7. The van der Waals surface area contributed by atoms with E-state index < -0.39 is 72.0 Å². The van der Waals surface area contributed by atoms with E-state index in [9.17, 15) is 28.0 Å². The van der Waals surface area contributed by atoms with E-state index in [0.717, 1.165) is 40.0 Å². The van der Waals surface area contributed by atoms with Gasteiger partial charge in [-0.2, -0.15) is 0 Å². The molecule has 5 atom stereocenters. The van der Waals surface area contributed by atoms with Crippen molar-refractivity contribution in [1.29, 1.82) is 0 Å². The standard InChI is InChI=1S/C20H21ClF2O10/c1-8(24)29-15-16(30-9(2)25)18(31-10(3)26)20(33-17(15)19(27)28-4)32-14-12(22)5-11(7-21)6-13(14)23/h5-6,15-18,20H,7H2,1-4H3/t15-,16-,17-,18+,20+/m0/s1. The first-order valence-electron chi connectivity index (χ1n) is 9.44. The molecule has 0 saturated carbocycles. The molecule has 0 radical (unpaired) electrons. The Bertz CT molecular complexity index is 901. The maximum atomic E-state index is 14.5. The number of halogens is 3. The van der Waals surface area contributed by atoms with Gasteiger partial charge in [0.05, 0.1) is 7.11 Å².